The predicted octanol–water partition coefficient (Wildman–Crippen LogP) is 11.5. The molecule has 1 atom stereocenters. The lowest BCUT2D eigenvalue weighted by molar-refractivity contribution is 0.387. The van der Waals surface area contributed by atoms with Gasteiger partial charge in [0.2, 0.25) is 0 Å². The summed E-state index contributed by atoms with van der Waals surface area (Å²) in [7, 11) is 0. The number of para-hydroxylation sites is 2. The van der Waals surface area contributed by atoms with Crippen LogP contribution in [0.5, 0.6) is 0 Å². The summed E-state index contributed by atoms with van der Waals surface area (Å²) in [6.07, 6.45) is 6.74. The molecular formula is C42H41N3. The monoisotopic (exact) mass is 587 g/mol. The van der Waals surface area contributed by atoms with E-state index in [0.717, 1.165) is 24.2 Å². The fraction of sp³-hybridized carbons (Fsp3) is 0.214. The first kappa shape index (κ1) is 28.9. The van der Waals surface area contributed by atoms with Crippen molar-refractivity contribution in [2.75, 3.05) is 0 Å². The van der Waals surface area contributed by atoms with E-state index in [-0.39, 0.29) is 5.41 Å². The maximum absolute atomic E-state index is 5.06. The summed E-state index contributed by atoms with van der Waals surface area (Å²) in [5.74, 6) is 1.01. The molecule has 7 aromatic rings. The van der Waals surface area contributed by atoms with Crippen molar-refractivity contribution in [1.29, 1.82) is 0 Å². The Bertz CT molecular complexity index is 2100. The lowest BCUT2D eigenvalue weighted by Gasteiger charge is -2.30. The SMILES string of the molecule is CCCCC(C)(CC)c1cnc(-c2ccccc2)n1-c1ccc(-c2ccc3c(c2)c2ccccc2n3-c2ccccc2)cc1C. The summed E-state index contributed by atoms with van der Waals surface area (Å²) in [4.78, 5) is 5.06. The number of nitrogens with zero attached hydrogens (tertiary/aromatic N) is 3. The molecule has 0 spiro atoms. The third-order valence-electron chi connectivity index (χ3n) is 9.73. The van der Waals surface area contributed by atoms with Crippen LogP contribution in [0.25, 0.3) is 55.7 Å². The molecule has 5 aromatic carbocycles. The van der Waals surface area contributed by atoms with Gasteiger partial charge in [0.25, 0.3) is 0 Å². The number of aryl methyl sites for hydroxylation is 1. The van der Waals surface area contributed by atoms with Crippen molar-refractivity contribution in [2.45, 2.75) is 58.8 Å². The minimum Gasteiger partial charge on any atom is -0.309 e. The number of unbranched alkanes of at least 4 members (excludes halogenated alkanes) is 1. The highest BCUT2D eigenvalue weighted by atomic mass is 15.1. The van der Waals surface area contributed by atoms with Gasteiger partial charge in [-0.3, -0.25) is 4.57 Å². The van der Waals surface area contributed by atoms with Crippen LogP contribution < -0.4 is 0 Å². The van der Waals surface area contributed by atoms with Crippen LogP contribution in [0.3, 0.4) is 0 Å². The molecule has 1 unspecified atom stereocenters. The molecule has 0 aliphatic heterocycles. The van der Waals surface area contributed by atoms with Gasteiger partial charge in [0, 0.05) is 39.3 Å². The lowest BCUT2D eigenvalue weighted by Crippen LogP contribution is -2.25. The van der Waals surface area contributed by atoms with Gasteiger partial charge in [0.1, 0.15) is 5.82 Å². The van der Waals surface area contributed by atoms with E-state index in [1.54, 1.807) is 0 Å². The Labute approximate surface area is 266 Å². The quantitative estimate of drug-likeness (QED) is 0.165. The van der Waals surface area contributed by atoms with E-state index in [1.807, 2.05) is 0 Å². The second-order valence-corrected chi connectivity index (χ2v) is 12.6. The first-order chi connectivity index (χ1) is 22.0. The normalized spacial score (nSPS) is 13.0. The van der Waals surface area contributed by atoms with Crippen LogP contribution in [-0.2, 0) is 5.41 Å². The Hall–Kier alpha value is -4.89. The molecule has 0 saturated heterocycles. The van der Waals surface area contributed by atoms with Crippen molar-refractivity contribution in [3.63, 3.8) is 0 Å². The largest absolute Gasteiger partial charge is 0.309 e. The Morgan fingerprint density at radius 3 is 2.04 bits per heavy atom. The molecule has 3 heteroatoms. The van der Waals surface area contributed by atoms with Crippen molar-refractivity contribution in [3.05, 3.63) is 139 Å². The molecule has 7 rings (SSSR count). The average Bonchev–Trinajstić information content (AvgIpc) is 3.68. The summed E-state index contributed by atoms with van der Waals surface area (Å²) in [5.41, 5.74) is 11.0. The van der Waals surface area contributed by atoms with E-state index in [1.165, 1.54) is 68.4 Å². The molecule has 0 aliphatic rings. The highest BCUT2D eigenvalue weighted by Gasteiger charge is 2.30. The average molecular weight is 588 g/mol. The minimum atomic E-state index is 0.0408. The number of hydrogen-bond acceptors (Lipinski definition) is 1. The summed E-state index contributed by atoms with van der Waals surface area (Å²) in [6, 6.07) is 43.8. The number of imidazole rings is 1. The molecule has 0 radical (unpaired) electrons. The molecule has 0 amide bonds. The Morgan fingerprint density at radius 2 is 1.31 bits per heavy atom. The minimum absolute atomic E-state index is 0.0408. The molecule has 0 aliphatic carbocycles. The van der Waals surface area contributed by atoms with E-state index in [2.05, 4.69) is 164 Å². The number of fused-ring (bicyclic) bond motifs is 3. The van der Waals surface area contributed by atoms with Crippen LogP contribution in [0.2, 0.25) is 0 Å². The van der Waals surface area contributed by atoms with E-state index < -0.39 is 0 Å². The van der Waals surface area contributed by atoms with Gasteiger partial charge in [-0.15, -0.1) is 0 Å². The zero-order valence-corrected chi connectivity index (χ0v) is 26.8. The maximum Gasteiger partial charge on any atom is 0.144 e. The zero-order chi connectivity index (χ0) is 31.0. The van der Waals surface area contributed by atoms with Crippen LogP contribution in [0.1, 0.15) is 57.7 Å². The van der Waals surface area contributed by atoms with E-state index >= 15 is 0 Å². The van der Waals surface area contributed by atoms with E-state index in [9.17, 15) is 0 Å². The molecule has 0 N–H and O–H groups in total. The van der Waals surface area contributed by atoms with Crippen molar-refractivity contribution in [1.82, 2.24) is 14.1 Å². The van der Waals surface area contributed by atoms with Gasteiger partial charge in [-0.1, -0.05) is 112 Å². The molecule has 2 heterocycles. The molecule has 0 bridgehead atoms. The van der Waals surface area contributed by atoms with Crippen LogP contribution >= 0.6 is 0 Å². The first-order valence-corrected chi connectivity index (χ1v) is 16.4. The van der Waals surface area contributed by atoms with Crippen LogP contribution in [0.4, 0.5) is 0 Å². The summed E-state index contributed by atoms with van der Waals surface area (Å²) >= 11 is 0. The zero-order valence-electron chi connectivity index (χ0n) is 26.8. The molecule has 224 valence electrons. The first-order valence-electron chi connectivity index (χ1n) is 16.4. The molecule has 0 fully saturated rings. The van der Waals surface area contributed by atoms with Gasteiger partial charge in [-0.25, -0.2) is 4.98 Å². The predicted molar refractivity (Wildman–Crippen MR) is 191 cm³/mol. The highest BCUT2D eigenvalue weighted by Crippen LogP contribution is 2.39. The van der Waals surface area contributed by atoms with Crippen molar-refractivity contribution in [2.24, 2.45) is 0 Å². The fourth-order valence-electron chi connectivity index (χ4n) is 6.96. The van der Waals surface area contributed by atoms with Gasteiger partial charge in [0.15, 0.2) is 0 Å². The third kappa shape index (κ3) is 5.07. The summed E-state index contributed by atoms with van der Waals surface area (Å²) < 4.78 is 4.81. The van der Waals surface area contributed by atoms with Crippen molar-refractivity contribution >= 4 is 21.8 Å². The van der Waals surface area contributed by atoms with Crippen molar-refractivity contribution in [3.8, 4) is 33.9 Å². The van der Waals surface area contributed by atoms with E-state index in [0.29, 0.717) is 0 Å². The fourth-order valence-corrected chi connectivity index (χ4v) is 6.96. The summed E-state index contributed by atoms with van der Waals surface area (Å²) in [6.45, 7) is 9.25. The van der Waals surface area contributed by atoms with Crippen LogP contribution in [0, 0.1) is 6.92 Å². The number of aromatic nitrogens is 3. The van der Waals surface area contributed by atoms with Crippen LogP contribution in [-0.4, -0.2) is 14.1 Å². The molecule has 45 heavy (non-hydrogen) atoms. The molecular weight excluding hydrogens is 546 g/mol. The molecule has 3 nitrogen and oxygen atoms in total. The smallest absolute Gasteiger partial charge is 0.144 e. The molecule has 0 saturated carbocycles. The third-order valence-corrected chi connectivity index (χ3v) is 9.73. The lowest BCUT2D eigenvalue weighted by atomic mass is 9.79. The highest BCUT2D eigenvalue weighted by molar-refractivity contribution is 6.10. The number of benzene rings is 5. The Kier molecular flexibility index (Phi) is 7.63. The van der Waals surface area contributed by atoms with Gasteiger partial charge < -0.3 is 4.57 Å². The topological polar surface area (TPSA) is 22.8 Å². The Morgan fingerprint density at radius 1 is 0.644 bits per heavy atom. The molecule has 2 aromatic heterocycles. The van der Waals surface area contributed by atoms with E-state index in [4.69, 9.17) is 4.98 Å². The van der Waals surface area contributed by atoms with Gasteiger partial charge in [0.05, 0.1) is 16.7 Å². The van der Waals surface area contributed by atoms with Gasteiger partial charge in [-0.05, 0) is 78.9 Å². The summed E-state index contributed by atoms with van der Waals surface area (Å²) in [5, 5.41) is 2.54. The van der Waals surface area contributed by atoms with Crippen LogP contribution in [0.15, 0.2) is 128 Å². The Balaban J connectivity index is 1.36. The second kappa shape index (κ2) is 11.9. The standard InChI is InChI=1S/C42H41N3/c1-5-7-26-42(4,6-2)40-29-43-41(31-16-10-8-11-17-31)45(40)37-24-22-32(27-30(37)3)33-23-25-39-36(28-33)35-20-14-15-21-38(35)44(39)34-18-12-9-13-19-34/h8-25,27-29H,5-7,26H2,1-4H3. The van der Waals surface area contributed by atoms with Crippen molar-refractivity contribution < 1.29 is 0 Å². The van der Waals surface area contributed by atoms with Gasteiger partial charge in [-0.2, -0.15) is 0 Å². The van der Waals surface area contributed by atoms with Gasteiger partial charge >= 0.3 is 0 Å². The number of rotatable bonds is 9. The number of hydrogen-bond donors (Lipinski definition) is 0. The second-order valence-electron chi connectivity index (χ2n) is 12.6. The maximum atomic E-state index is 5.06.